The second kappa shape index (κ2) is 5.87. The molecule has 1 N–H and O–H groups in total. The summed E-state index contributed by atoms with van der Waals surface area (Å²) in [4.78, 5) is 13.6. The van der Waals surface area contributed by atoms with E-state index in [1.165, 1.54) is 6.07 Å². The number of benzene rings is 1. The SMILES string of the molecule is CC(C(=O)O)(c1ccc(F)c(F)c1)N1CCCCCC1. The lowest BCUT2D eigenvalue weighted by Crippen LogP contribution is -2.50. The quantitative estimate of drug-likeness (QED) is 0.926. The fraction of sp³-hybridized carbons (Fsp3) is 0.533. The molecule has 1 aliphatic heterocycles. The summed E-state index contributed by atoms with van der Waals surface area (Å²) in [5, 5.41) is 9.63. The van der Waals surface area contributed by atoms with Crippen LogP contribution in [0.4, 0.5) is 8.78 Å². The average molecular weight is 283 g/mol. The fourth-order valence-electron chi connectivity index (χ4n) is 2.76. The average Bonchev–Trinajstić information content (AvgIpc) is 2.70. The summed E-state index contributed by atoms with van der Waals surface area (Å²) < 4.78 is 26.5. The largest absolute Gasteiger partial charge is 0.480 e. The van der Waals surface area contributed by atoms with Crippen LogP contribution in [0.1, 0.15) is 38.2 Å². The Bertz CT molecular complexity index is 499. The van der Waals surface area contributed by atoms with Gasteiger partial charge in [-0.3, -0.25) is 4.90 Å². The maximum absolute atomic E-state index is 13.4. The van der Waals surface area contributed by atoms with Crippen LogP contribution in [0, 0.1) is 11.6 Å². The minimum atomic E-state index is -1.32. The van der Waals surface area contributed by atoms with Crippen molar-refractivity contribution in [2.45, 2.75) is 38.1 Å². The molecule has 1 saturated heterocycles. The van der Waals surface area contributed by atoms with Crippen molar-refractivity contribution in [2.75, 3.05) is 13.1 Å². The molecule has 3 nitrogen and oxygen atoms in total. The third kappa shape index (κ3) is 2.68. The van der Waals surface area contributed by atoms with Crippen molar-refractivity contribution in [3.8, 4) is 0 Å². The molecule has 1 aliphatic rings. The van der Waals surface area contributed by atoms with Gasteiger partial charge in [0.2, 0.25) is 0 Å². The third-order valence-electron chi connectivity index (χ3n) is 4.14. The number of nitrogens with zero attached hydrogens (tertiary/aromatic N) is 1. The number of halogens is 2. The fourth-order valence-corrected chi connectivity index (χ4v) is 2.76. The van der Waals surface area contributed by atoms with Crippen molar-refractivity contribution in [3.63, 3.8) is 0 Å². The lowest BCUT2D eigenvalue weighted by Gasteiger charge is -2.37. The first kappa shape index (κ1) is 14.9. The molecule has 1 aromatic rings. The lowest BCUT2D eigenvalue weighted by molar-refractivity contribution is -0.151. The van der Waals surface area contributed by atoms with E-state index < -0.39 is 23.1 Å². The minimum Gasteiger partial charge on any atom is -0.480 e. The molecule has 0 bridgehead atoms. The smallest absolute Gasteiger partial charge is 0.328 e. The molecule has 5 heteroatoms. The van der Waals surface area contributed by atoms with E-state index in [2.05, 4.69) is 0 Å². The van der Waals surface area contributed by atoms with Crippen molar-refractivity contribution >= 4 is 5.97 Å². The minimum absolute atomic E-state index is 0.283. The predicted octanol–water partition coefficient (Wildman–Crippen LogP) is 3.14. The first-order valence-electron chi connectivity index (χ1n) is 6.90. The molecule has 1 unspecified atom stereocenters. The van der Waals surface area contributed by atoms with Crippen molar-refractivity contribution < 1.29 is 18.7 Å². The number of carboxylic acid groups (broad SMARTS) is 1. The second-order valence-electron chi connectivity index (χ2n) is 5.41. The first-order valence-corrected chi connectivity index (χ1v) is 6.90. The Kier molecular flexibility index (Phi) is 4.38. The van der Waals surface area contributed by atoms with Crippen LogP contribution in [0.25, 0.3) is 0 Å². The van der Waals surface area contributed by atoms with Gasteiger partial charge in [0.1, 0.15) is 5.54 Å². The number of carbonyl (C=O) groups is 1. The topological polar surface area (TPSA) is 40.5 Å². The summed E-state index contributed by atoms with van der Waals surface area (Å²) in [7, 11) is 0. The van der Waals surface area contributed by atoms with Crippen LogP contribution in [0.2, 0.25) is 0 Å². The molecule has 0 radical (unpaired) electrons. The molecule has 1 fully saturated rings. The molecule has 20 heavy (non-hydrogen) atoms. The van der Waals surface area contributed by atoms with E-state index in [1.807, 2.05) is 4.90 Å². The molecule has 1 heterocycles. The summed E-state index contributed by atoms with van der Waals surface area (Å²) in [5.41, 5.74) is -1.04. The summed E-state index contributed by atoms with van der Waals surface area (Å²) in [6, 6.07) is 3.34. The van der Waals surface area contributed by atoms with Crippen LogP contribution in [0.15, 0.2) is 18.2 Å². The van der Waals surface area contributed by atoms with Crippen molar-refractivity contribution in [1.82, 2.24) is 4.90 Å². The highest BCUT2D eigenvalue weighted by molar-refractivity contribution is 5.80. The Labute approximate surface area is 117 Å². The van der Waals surface area contributed by atoms with Crippen molar-refractivity contribution in [2.24, 2.45) is 0 Å². The molecule has 2 rings (SSSR count). The molecule has 110 valence electrons. The maximum atomic E-state index is 13.4. The Morgan fingerprint density at radius 3 is 2.25 bits per heavy atom. The Hall–Kier alpha value is -1.49. The molecular weight excluding hydrogens is 264 g/mol. The monoisotopic (exact) mass is 283 g/mol. The zero-order valence-corrected chi connectivity index (χ0v) is 11.5. The Morgan fingerprint density at radius 2 is 1.75 bits per heavy atom. The Balaban J connectivity index is 2.41. The molecule has 0 spiro atoms. The number of likely N-dealkylation sites (tertiary alicyclic amines) is 1. The zero-order valence-electron chi connectivity index (χ0n) is 11.5. The highest BCUT2D eigenvalue weighted by Gasteiger charge is 2.41. The van der Waals surface area contributed by atoms with Gasteiger partial charge in [-0.25, -0.2) is 13.6 Å². The molecular formula is C15H19F2NO2. The van der Waals surface area contributed by atoms with Crippen LogP contribution in [0.3, 0.4) is 0 Å². The van der Waals surface area contributed by atoms with E-state index >= 15 is 0 Å². The summed E-state index contributed by atoms with van der Waals surface area (Å²) in [6.07, 6.45) is 3.99. The second-order valence-corrected chi connectivity index (χ2v) is 5.41. The van der Waals surface area contributed by atoms with Crippen molar-refractivity contribution in [3.05, 3.63) is 35.4 Å². The van der Waals surface area contributed by atoms with Gasteiger partial charge in [0.25, 0.3) is 0 Å². The summed E-state index contributed by atoms with van der Waals surface area (Å²) >= 11 is 0. The number of hydrogen-bond donors (Lipinski definition) is 1. The van der Waals surface area contributed by atoms with Gasteiger partial charge in [-0.2, -0.15) is 0 Å². The van der Waals surface area contributed by atoms with Gasteiger partial charge in [-0.1, -0.05) is 18.9 Å². The highest BCUT2D eigenvalue weighted by atomic mass is 19.2. The Morgan fingerprint density at radius 1 is 1.15 bits per heavy atom. The van der Waals surface area contributed by atoms with E-state index in [-0.39, 0.29) is 5.56 Å². The van der Waals surface area contributed by atoms with Gasteiger partial charge < -0.3 is 5.11 Å². The number of hydrogen-bond acceptors (Lipinski definition) is 2. The number of rotatable bonds is 3. The van der Waals surface area contributed by atoms with Crippen LogP contribution in [0.5, 0.6) is 0 Å². The standard InChI is InChI=1S/C15H19F2NO2/c1-15(14(19)20,18-8-4-2-3-5-9-18)11-6-7-12(16)13(17)10-11/h6-7,10H,2-5,8-9H2,1H3,(H,19,20). The predicted molar refractivity (Wildman–Crippen MR) is 71.4 cm³/mol. The van der Waals surface area contributed by atoms with E-state index in [4.69, 9.17) is 0 Å². The molecule has 0 aromatic heterocycles. The van der Waals surface area contributed by atoms with Gasteiger partial charge in [0.05, 0.1) is 0 Å². The lowest BCUT2D eigenvalue weighted by atomic mass is 9.89. The van der Waals surface area contributed by atoms with Crippen LogP contribution < -0.4 is 0 Å². The molecule has 0 saturated carbocycles. The van der Waals surface area contributed by atoms with E-state index in [0.717, 1.165) is 37.8 Å². The van der Waals surface area contributed by atoms with E-state index in [1.54, 1.807) is 6.92 Å². The maximum Gasteiger partial charge on any atom is 0.328 e. The molecule has 1 aromatic carbocycles. The van der Waals surface area contributed by atoms with Gasteiger partial charge >= 0.3 is 5.97 Å². The molecule has 0 aliphatic carbocycles. The van der Waals surface area contributed by atoms with Crippen LogP contribution >= 0.6 is 0 Å². The normalized spacial score (nSPS) is 20.1. The van der Waals surface area contributed by atoms with Crippen LogP contribution in [-0.2, 0) is 10.3 Å². The first-order chi connectivity index (χ1) is 9.46. The van der Waals surface area contributed by atoms with E-state index in [9.17, 15) is 18.7 Å². The number of aliphatic carboxylic acids is 1. The number of carboxylic acids is 1. The van der Waals surface area contributed by atoms with E-state index in [0.29, 0.717) is 13.1 Å². The van der Waals surface area contributed by atoms with Gasteiger partial charge in [-0.15, -0.1) is 0 Å². The summed E-state index contributed by atoms with van der Waals surface area (Å²) in [5.74, 6) is -3.01. The van der Waals surface area contributed by atoms with Gasteiger partial charge in [0.15, 0.2) is 11.6 Å². The van der Waals surface area contributed by atoms with Crippen LogP contribution in [-0.4, -0.2) is 29.1 Å². The van der Waals surface area contributed by atoms with Crippen molar-refractivity contribution in [1.29, 1.82) is 0 Å². The van der Waals surface area contributed by atoms with Gasteiger partial charge in [0, 0.05) is 0 Å². The molecule has 1 atom stereocenters. The summed E-state index contributed by atoms with van der Waals surface area (Å²) in [6.45, 7) is 2.87. The zero-order chi connectivity index (χ0) is 14.8. The highest BCUT2D eigenvalue weighted by Crippen LogP contribution is 2.32. The third-order valence-corrected chi connectivity index (χ3v) is 4.14. The van der Waals surface area contributed by atoms with Gasteiger partial charge in [-0.05, 0) is 50.6 Å². The molecule has 0 amide bonds.